The second-order valence-corrected chi connectivity index (χ2v) is 4.97. The maximum absolute atomic E-state index is 9.55. The molecule has 1 unspecified atom stereocenters. The molecule has 0 spiro atoms. The van der Waals surface area contributed by atoms with Crippen molar-refractivity contribution in [2.75, 3.05) is 32.8 Å². The molecule has 0 amide bonds. The van der Waals surface area contributed by atoms with Crippen molar-refractivity contribution in [1.82, 2.24) is 10.2 Å². The summed E-state index contributed by atoms with van der Waals surface area (Å²) >= 11 is 11.9. The Morgan fingerprint density at radius 2 is 1.94 bits per heavy atom. The number of piperazine rings is 1. The molecule has 5 heteroatoms. The Bertz CT molecular complexity index is 381. The van der Waals surface area contributed by atoms with E-state index in [9.17, 15) is 5.11 Å². The Labute approximate surface area is 111 Å². The van der Waals surface area contributed by atoms with Gasteiger partial charge in [0.05, 0.1) is 22.7 Å². The van der Waals surface area contributed by atoms with Crippen LogP contribution in [0.5, 0.6) is 0 Å². The maximum Gasteiger partial charge on any atom is 0.0628 e. The molecule has 1 heterocycles. The second kappa shape index (κ2) is 6.03. The lowest BCUT2D eigenvalue weighted by Crippen LogP contribution is -2.46. The van der Waals surface area contributed by atoms with Gasteiger partial charge in [-0.1, -0.05) is 29.3 Å². The van der Waals surface area contributed by atoms with Crippen molar-refractivity contribution in [3.8, 4) is 0 Å². The first-order valence-corrected chi connectivity index (χ1v) is 6.48. The zero-order valence-corrected chi connectivity index (χ0v) is 11.0. The van der Waals surface area contributed by atoms with Gasteiger partial charge in [0.1, 0.15) is 0 Å². The molecule has 1 aromatic carbocycles. The van der Waals surface area contributed by atoms with E-state index in [1.807, 2.05) is 12.1 Å². The quantitative estimate of drug-likeness (QED) is 0.884. The molecule has 1 saturated heterocycles. The van der Waals surface area contributed by atoms with E-state index in [0.717, 1.165) is 31.7 Å². The normalized spacial score (nSPS) is 19.2. The third kappa shape index (κ3) is 3.12. The lowest BCUT2D eigenvalue weighted by molar-refractivity contribution is 0.111. The highest BCUT2D eigenvalue weighted by atomic mass is 35.5. The van der Waals surface area contributed by atoms with Crippen LogP contribution in [-0.2, 0) is 0 Å². The molecule has 0 aromatic heterocycles. The van der Waals surface area contributed by atoms with Crippen LogP contribution in [0.1, 0.15) is 11.6 Å². The Morgan fingerprint density at radius 3 is 2.53 bits per heavy atom. The van der Waals surface area contributed by atoms with E-state index >= 15 is 0 Å². The highest BCUT2D eigenvalue weighted by Crippen LogP contribution is 2.28. The molecule has 1 aromatic rings. The smallest absolute Gasteiger partial charge is 0.0628 e. The first kappa shape index (κ1) is 13.1. The molecule has 1 aliphatic rings. The number of halogens is 2. The lowest BCUT2D eigenvalue weighted by Gasteiger charge is -2.34. The first-order valence-electron chi connectivity index (χ1n) is 5.73. The monoisotopic (exact) mass is 274 g/mol. The fourth-order valence-corrected chi connectivity index (χ4v) is 2.45. The zero-order valence-electron chi connectivity index (χ0n) is 9.50. The van der Waals surface area contributed by atoms with Crippen LogP contribution in [0.25, 0.3) is 0 Å². The number of hydrogen-bond donors (Lipinski definition) is 2. The van der Waals surface area contributed by atoms with Gasteiger partial charge in [0.25, 0.3) is 0 Å². The van der Waals surface area contributed by atoms with E-state index in [2.05, 4.69) is 10.2 Å². The number of rotatable bonds is 3. The predicted molar refractivity (Wildman–Crippen MR) is 70.7 cm³/mol. The molecule has 0 saturated carbocycles. The van der Waals surface area contributed by atoms with Gasteiger partial charge in [-0.15, -0.1) is 0 Å². The van der Waals surface area contributed by atoms with Crippen molar-refractivity contribution in [3.63, 3.8) is 0 Å². The molecule has 94 valence electrons. The fraction of sp³-hybridized carbons (Fsp3) is 0.500. The minimum Gasteiger partial charge on any atom is -0.394 e. The van der Waals surface area contributed by atoms with Crippen molar-refractivity contribution in [2.24, 2.45) is 0 Å². The summed E-state index contributed by atoms with van der Waals surface area (Å²) in [5.74, 6) is 0. The van der Waals surface area contributed by atoms with Crippen molar-refractivity contribution in [3.05, 3.63) is 33.8 Å². The predicted octanol–water partition coefficient (Wildman–Crippen LogP) is 1.93. The van der Waals surface area contributed by atoms with E-state index in [-0.39, 0.29) is 12.6 Å². The molecule has 1 fully saturated rings. The van der Waals surface area contributed by atoms with E-state index in [0.29, 0.717) is 10.0 Å². The van der Waals surface area contributed by atoms with Gasteiger partial charge in [0.2, 0.25) is 0 Å². The summed E-state index contributed by atoms with van der Waals surface area (Å²) in [6.45, 7) is 3.88. The van der Waals surface area contributed by atoms with Gasteiger partial charge in [-0.05, 0) is 17.7 Å². The van der Waals surface area contributed by atoms with Crippen LogP contribution in [0.2, 0.25) is 10.0 Å². The average molecular weight is 275 g/mol. The third-order valence-corrected chi connectivity index (χ3v) is 3.83. The third-order valence-electron chi connectivity index (χ3n) is 3.09. The number of aliphatic hydroxyl groups excluding tert-OH is 1. The van der Waals surface area contributed by atoms with Gasteiger partial charge in [0.15, 0.2) is 0 Å². The number of nitrogens with zero attached hydrogens (tertiary/aromatic N) is 1. The minimum absolute atomic E-state index is 0.00636. The highest BCUT2D eigenvalue weighted by molar-refractivity contribution is 6.42. The van der Waals surface area contributed by atoms with Crippen LogP contribution < -0.4 is 5.32 Å². The van der Waals surface area contributed by atoms with Crippen LogP contribution in [0, 0.1) is 0 Å². The molecule has 3 nitrogen and oxygen atoms in total. The van der Waals surface area contributed by atoms with Gasteiger partial charge in [-0.25, -0.2) is 0 Å². The van der Waals surface area contributed by atoms with Gasteiger partial charge in [0, 0.05) is 26.2 Å². The SMILES string of the molecule is OCC(c1ccc(Cl)c(Cl)c1)N1CCNCC1. The highest BCUT2D eigenvalue weighted by Gasteiger charge is 2.21. The summed E-state index contributed by atoms with van der Waals surface area (Å²) < 4.78 is 0. The van der Waals surface area contributed by atoms with Crippen molar-refractivity contribution in [1.29, 1.82) is 0 Å². The van der Waals surface area contributed by atoms with Crippen LogP contribution in [0.3, 0.4) is 0 Å². The average Bonchev–Trinajstić information content (AvgIpc) is 2.36. The van der Waals surface area contributed by atoms with Crippen molar-refractivity contribution < 1.29 is 5.11 Å². The van der Waals surface area contributed by atoms with Crippen LogP contribution in [-0.4, -0.2) is 42.8 Å². The first-order chi connectivity index (χ1) is 8.22. The Hall–Kier alpha value is -0.320. The van der Waals surface area contributed by atoms with Gasteiger partial charge in [-0.2, -0.15) is 0 Å². The Kier molecular flexibility index (Phi) is 4.65. The zero-order chi connectivity index (χ0) is 12.3. The molecule has 17 heavy (non-hydrogen) atoms. The lowest BCUT2D eigenvalue weighted by atomic mass is 10.1. The molecule has 0 radical (unpaired) electrons. The molecule has 0 aliphatic carbocycles. The molecule has 2 N–H and O–H groups in total. The largest absolute Gasteiger partial charge is 0.394 e. The van der Waals surface area contributed by atoms with E-state index in [4.69, 9.17) is 23.2 Å². The number of hydrogen-bond acceptors (Lipinski definition) is 3. The maximum atomic E-state index is 9.55. The number of benzene rings is 1. The van der Waals surface area contributed by atoms with E-state index < -0.39 is 0 Å². The molecular formula is C12H16Cl2N2O. The van der Waals surface area contributed by atoms with Gasteiger partial charge >= 0.3 is 0 Å². The summed E-state index contributed by atoms with van der Waals surface area (Å²) in [5, 5.41) is 13.9. The topological polar surface area (TPSA) is 35.5 Å². The van der Waals surface area contributed by atoms with E-state index in [1.165, 1.54) is 0 Å². The Morgan fingerprint density at radius 1 is 1.24 bits per heavy atom. The number of aliphatic hydroxyl groups is 1. The van der Waals surface area contributed by atoms with Crippen molar-refractivity contribution in [2.45, 2.75) is 6.04 Å². The van der Waals surface area contributed by atoms with Crippen molar-refractivity contribution >= 4 is 23.2 Å². The summed E-state index contributed by atoms with van der Waals surface area (Å²) in [7, 11) is 0. The summed E-state index contributed by atoms with van der Waals surface area (Å²) in [6.07, 6.45) is 0. The van der Waals surface area contributed by atoms with Crippen LogP contribution in [0.4, 0.5) is 0 Å². The van der Waals surface area contributed by atoms with Crippen LogP contribution in [0.15, 0.2) is 18.2 Å². The minimum atomic E-state index is 0.00636. The second-order valence-electron chi connectivity index (χ2n) is 4.16. The standard InChI is InChI=1S/C12H16Cl2N2O/c13-10-2-1-9(7-11(10)14)12(8-17)16-5-3-15-4-6-16/h1-2,7,12,15,17H,3-6,8H2. The summed E-state index contributed by atoms with van der Waals surface area (Å²) in [6, 6.07) is 5.56. The van der Waals surface area contributed by atoms with E-state index in [1.54, 1.807) is 6.07 Å². The van der Waals surface area contributed by atoms with Gasteiger partial charge < -0.3 is 10.4 Å². The molecule has 1 aliphatic heterocycles. The molecular weight excluding hydrogens is 259 g/mol. The molecule has 0 bridgehead atoms. The molecule has 1 atom stereocenters. The summed E-state index contributed by atoms with van der Waals surface area (Å²) in [4.78, 5) is 2.26. The van der Waals surface area contributed by atoms with Gasteiger partial charge in [-0.3, -0.25) is 4.90 Å². The number of nitrogens with one attached hydrogen (secondary N) is 1. The fourth-order valence-electron chi connectivity index (χ4n) is 2.15. The Balaban J connectivity index is 2.18. The molecule has 2 rings (SSSR count). The summed E-state index contributed by atoms with van der Waals surface area (Å²) in [5.41, 5.74) is 1.02. The van der Waals surface area contributed by atoms with Crippen LogP contribution >= 0.6 is 23.2 Å².